The molecule has 0 bridgehead atoms. The van der Waals surface area contributed by atoms with Crippen molar-refractivity contribution < 1.29 is 29.0 Å². The molecule has 8 heteroatoms. The fraction of sp³-hybridized carbons (Fsp3) is 0.423. The highest BCUT2D eigenvalue weighted by Crippen LogP contribution is 2.44. The number of ether oxygens (including phenoxy) is 2. The van der Waals surface area contributed by atoms with Crippen LogP contribution in [0.5, 0.6) is 0 Å². The fourth-order valence-corrected chi connectivity index (χ4v) is 4.92. The Morgan fingerprint density at radius 2 is 1.62 bits per heavy atom. The second kappa shape index (κ2) is 9.85. The third kappa shape index (κ3) is 4.37. The van der Waals surface area contributed by atoms with Gasteiger partial charge in [0.2, 0.25) is 5.91 Å². The molecule has 0 spiro atoms. The van der Waals surface area contributed by atoms with E-state index in [2.05, 4.69) is 22.8 Å². The van der Waals surface area contributed by atoms with Gasteiger partial charge in [-0.1, -0.05) is 62.4 Å². The lowest BCUT2D eigenvalue weighted by atomic mass is 9.91. The maximum atomic E-state index is 13.1. The summed E-state index contributed by atoms with van der Waals surface area (Å²) in [6, 6.07) is 15.5. The monoisotopic (exact) mass is 466 g/mol. The highest BCUT2D eigenvalue weighted by molar-refractivity contribution is 5.90. The first-order valence-electron chi connectivity index (χ1n) is 11.7. The first-order valence-corrected chi connectivity index (χ1v) is 11.7. The van der Waals surface area contributed by atoms with Crippen LogP contribution >= 0.6 is 0 Å². The lowest BCUT2D eigenvalue weighted by Crippen LogP contribution is -2.61. The van der Waals surface area contributed by atoms with E-state index in [9.17, 15) is 19.5 Å². The minimum absolute atomic E-state index is 0.0865. The van der Waals surface area contributed by atoms with Crippen LogP contribution in [-0.4, -0.2) is 54.0 Å². The number of amides is 2. The number of hydrogen-bond donors (Lipinski definition) is 3. The summed E-state index contributed by atoms with van der Waals surface area (Å²) in [4.78, 5) is 37.4. The van der Waals surface area contributed by atoms with Crippen LogP contribution in [0.2, 0.25) is 0 Å². The van der Waals surface area contributed by atoms with Gasteiger partial charge >= 0.3 is 12.1 Å². The van der Waals surface area contributed by atoms with Gasteiger partial charge in [-0.3, -0.25) is 4.79 Å². The number of rotatable bonds is 8. The summed E-state index contributed by atoms with van der Waals surface area (Å²) in [6.07, 6.45) is -0.727. The fourth-order valence-electron chi connectivity index (χ4n) is 4.92. The number of benzene rings is 2. The Balaban J connectivity index is 1.43. The molecule has 4 rings (SSSR count). The van der Waals surface area contributed by atoms with Crippen LogP contribution in [0.3, 0.4) is 0 Å². The predicted octanol–water partition coefficient (Wildman–Crippen LogP) is 3.44. The maximum Gasteiger partial charge on any atom is 0.408 e. The zero-order valence-electron chi connectivity index (χ0n) is 19.4. The van der Waals surface area contributed by atoms with Crippen LogP contribution in [0.1, 0.15) is 50.2 Å². The van der Waals surface area contributed by atoms with E-state index in [1.165, 1.54) is 0 Å². The quantitative estimate of drug-likeness (QED) is 0.549. The van der Waals surface area contributed by atoms with Gasteiger partial charge in [0.15, 0.2) is 6.10 Å². The Bertz CT molecular complexity index is 1030. The topological polar surface area (TPSA) is 114 Å². The van der Waals surface area contributed by atoms with Gasteiger partial charge in [0, 0.05) is 12.5 Å². The molecule has 2 aromatic carbocycles. The van der Waals surface area contributed by atoms with E-state index in [-0.39, 0.29) is 19.1 Å². The third-order valence-corrected chi connectivity index (χ3v) is 6.98. The summed E-state index contributed by atoms with van der Waals surface area (Å²) >= 11 is 0. The van der Waals surface area contributed by atoms with Crippen molar-refractivity contribution >= 4 is 18.0 Å². The maximum absolute atomic E-state index is 13.1. The summed E-state index contributed by atoms with van der Waals surface area (Å²) in [5.74, 6) is -1.64. The van der Waals surface area contributed by atoms with Crippen LogP contribution < -0.4 is 10.6 Å². The Kier molecular flexibility index (Phi) is 6.88. The molecule has 0 unspecified atom stereocenters. The zero-order valence-corrected chi connectivity index (χ0v) is 19.4. The summed E-state index contributed by atoms with van der Waals surface area (Å²) in [5.41, 5.74) is 3.26. The summed E-state index contributed by atoms with van der Waals surface area (Å²) in [6.45, 7) is 3.99. The molecule has 3 N–H and O–H groups in total. The molecular weight excluding hydrogens is 436 g/mol. The van der Waals surface area contributed by atoms with Gasteiger partial charge in [-0.2, -0.15) is 0 Å². The van der Waals surface area contributed by atoms with Gasteiger partial charge in [-0.15, -0.1) is 0 Å². The van der Waals surface area contributed by atoms with Crippen LogP contribution in [0.25, 0.3) is 11.1 Å². The number of aliphatic carboxylic acids is 1. The lowest BCUT2D eigenvalue weighted by Gasteiger charge is -2.32. The largest absolute Gasteiger partial charge is 0.479 e. The van der Waals surface area contributed by atoms with E-state index in [1.54, 1.807) is 13.8 Å². The molecular formula is C26H30N2O6. The van der Waals surface area contributed by atoms with Crippen LogP contribution in [0.15, 0.2) is 48.5 Å². The van der Waals surface area contributed by atoms with Crippen molar-refractivity contribution in [2.24, 2.45) is 0 Å². The smallest absolute Gasteiger partial charge is 0.408 e. The highest BCUT2D eigenvalue weighted by Gasteiger charge is 2.42. The lowest BCUT2D eigenvalue weighted by molar-refractivity contribution is -0.148. The standard InChI is InChI=1S/C26H30N2O6/c1-3-26(4-2,24(31)27-21-13-14-33-22(21)23(29)30)28-25(32)34-15-20-18-11-7-5-9-16(18)17-10-6-8-12-19(17)20/h5-12,20-22H,3-4,13-15H2,1-2H3,(H,27,31)(H,28,32)(H,29,30)/t21-,22+/m1/s1. The first-order chi connectivity index (χ1) is 16.4. The normalized spacial score (nSPS) is 19.2. The molecule has 2 amide bonds. The minimum Gasteiger partial charge on any atom is -0.479 e. The Hall–Kier alpha value is -3.39. The molecule has 2 aliphatic rings. The second-order valence-corrected chi connectivity index (χ2v) is 8.74. The molecule has 0 aromatic heterocycles. The van der Waals surface area contributed by atoms with Crippen LogP contribution in [0, 0.1) is 0 Å². The SMILES string of the molecule is CCC(CC)(NC(=O)OCC1c2ccccc2-c2ccccc21)C(=O)N[C@@H]1CCO[C@@H]1C(=O)O. The zero-order chi connectivity index (χ0) is 24.3. The molecule has 2 atom stereocenters. The predicted molar refractivity (Wildman–Crippen MR) is 125 cm³/mol. The summed E-state index contributed by atoms with van der Waals surface area (Å²) in [7, 11) is 0. The first kappa shape index (κ1) is 23.8. The van der Waals surface area contributed by atoms with Crippen molar-refractivity contribution in [1.29, 1.82) is 0 Å². The Morgan fingerprint density at radius 1 is 1.03 bits per heavy atom. The molecule has 1 saturated heterocycles. The number of hydrogen-bond acceptors (Lipinski definition) is 5. The van der Waals surface area contributed by atoms with Gasteiger partial charge in [0.25, 0.3) is 0 Å². The molecule has 0 radical (unpaired) electrons. The van der Waals surface area contributed by atoms with Crippen molar-refractivity contribution in [1.82, 2.24) is 10.6 Å². The van der Waals surface area contributed by atoms with Crippen molar-refractivity contribution in [3.8, 4) is 11.1 Å². The molecule has 1 aliphatic carbocycles. The van der Waals surface area contributed by atoms with Gasteiger partial charge in [0.05, 0.1) is 6.04 Å². The molecule has 1 heterocycles. The summed E-state index contributed by atoms with van der Waals surface area (Å²) < 4.78 is 10.8. The van der Waals surface area contributed by atoms with Gasteiger partial charge in [0.1, 0.15) is 12.1 Å². The third-order valence-electron chi connectivity index (χ3n) is 6.98. The number of fused-ring (bicyclic) bond motifs is 3. The number of alkyl carbamates (subject to hydrolysis) is 1. The molecule has 8 nitrogen and oxygen atoms in total. The van der Waals surface area contributed by atoms with Crippen molar-refractivity contribution in [2.75, 3.05) is 13.2 Å². The number of carbonyl (C=O) groups is 3. The number of carboxylic acid groups (broad SMARTS) is 1. The van der Waals surface area contributed by atoms with Gasteiger partial charge in [-0.25, -0.2) is 9.59 Å². The number of carbonyl (C=O) groups excluding carboxylic acids is 2. The van der Waals surface area contributed by atoms with E-state index >= 15 is 0 Å². The Labute approximate surface area is 198 Å². The number of nitrogens with one attached hydrogen (secondary N) is 2. The molecule has 0 saturated carbocycles. The highest BCUT2D eigenvalue weighted by atomic mass is 16.5. The van der Waals surface area contributed by atoms with E-state index < -0.39 is 35.7 Å². The average molecular weight is 467 g/mol. The average Bonchev–Trinajstić information content (AvgIpc) is 3.44. The van der Waals surface area contributed by atoms with Crippen LogP contribution in [-0.2, 0) is 19.1 Å². The molecule has 34 heavy (non-hydrogen) atoms. The number of carboxylic acids is 1. The van der Waals surface area contributed by atoms with Crippen molar-refractivity contribution in [2.45, 2.75) is 56.7 Å². The summed E-state index contributed by atoms with van der Waals surface area (Å²) in [5, 5.41) is 14.8. The van der Waals surface area contributed by atoms with Crippen molar-refractivity contribution in [3.05, 3.63) is 59.7 Å². The van der Waals surface area contributed by atoms with E-state index in [4.69, 9.17) is 9.47 Å². The molecule has 1 aliphatic heterocycles. The second-order valence-electron chi connectivity index (χ2n) is 8.74. The molecule has 1 fully saturated rings. The molecule has 2 aromatic rings. The molecule has 180 valence electrons. The van der Waals surface area contributed by atoms with E-state index in [0.717, 1.165) is 22.3 Å². The Morgan fingerprint density at radius 3 is 2.18 bits per heavy atom. The van der Waals surface area contributed by atoms with Crippen LogP contribution in [0.4, 0.5) is 4.79 Å². The van der Waals surface area contributed by atoms with E-state index in [0.29, 0.717) is 19.3 Å². The van der Waals surface area contributed by atoms with Crippen molar-refractivity contribution in [3.63, 3.8) is 0 Å². The minimum atomic E-state index is -1.21. The van der Waals surface area contributed by atoms with E-state index in [1.807, 2.05) is 36.4 Å². The van der Waals surface area contributed by atoms with Gasteiger partial charge in [-0.05, 0) is 41.5 Å². The van der Waals surface area contributed by atoms with Gasteiger partial charge < -0.3 is 25.2 Å².